The van der Waals surface area contributed by atoms with Crippen LogP contribution < -0.4 is 0 Å². The Morgan fingerprint density at radius 2 is 1.29 bits per heavy atom. The molecule has 2 unspecified atom stereocenters. The van der Waals surface area contributed by atoms with Gasteiger partial charge in [0.25, 0.3) is 0 Å². The fourth-order valence-corrected chi connectivity index (χ4v) is 5.05. The summed E-state index contributed by atoms with van der Waals surface area (Å²) in [5.41, 5.74) is 0.199. The number of ether oxygens (including phenoxy) is 1. The average Bonchev–Trinajstić information content (AvgIpc) is 2.78. The molecule has 31 heavy (non-hydrogen) atoms. The van der Waals surface area contributed by atoms with Crippen LogP contribution in [0.1, 0.15) is 129 Å². The SMILES string of the molecule is CCCCCCCCCCCCCCCCCCC1(COC(C)COI)C=CC=CC1. The highest BCUT2D eigenvalue weighted by atomic mass is 127. The molecule has 0 N–H and O–H groups in total. The lowest BCUT2D eigenvalue weighted by atomic mass is 9.78. The molecule has 0 bridgehead atoms. The van der Waals surface area contributed by atoms with E-state index >= 15 is 0 Å². The van der Waals surface area contributed by atoms with E-state index in [1.807, 2.05) is 23.0 Å². The van der Waals surface area contributed by atoms with Crippen LogP contribution in [-0.4, -0.2) is 19.3 Å². The molecule has 0 spiro atoms. The van der Waals surface area contributed by atoms with Crippen molar-refractivity contribution in [1.82, 2.24) is 0 Å². The first-order chi connectivity index (χ1) is 15.2. The topological polar surface area (TPSA) is 18.5 Å². The number of hydrogen-bond donors (Lipinski definition) is 0. The Morgan fingerprint density at radius 3 is 1.74 bits per heavy atom. The van der Waals surface area contributed by atoms with E-state index in [0.717, 1.165) is 13.0 Å². The molecule has 0 radical (unpaired) electrons. The molecule has 1 aliphatic carbocycles. The van der Waals surface area contributed by atoms with Crippen LogP contribution in [0, 0.1) is 5.41 Å². The Bertz CT molecular complexity index is 448. The van der Waals surface area contributed by atoms with Crippen LogP contribution in [0.4, 0.5) is 0 Å². The maximum atomic E-state index is 6.09. The molecule has 1 aliphatic rings. The van der Waals surface area contributed by atoms with E-state index in [9.17, 15) is 0 Å². The van der Waals surface area contributed by atoms with Gasteiger partial charge in [0.05, 0.1) is 19.3 Å². The Hall–Kier alpha value is 0.130. The molecule has 0 aromatic carbocycles. The molecule has 3 heteroatoms. The number of allylic oxidation sites excluding steroid dienone is 3. The summed E-state index contributed by atoms with van der Waals surface area (Å²) >= 11 is 1.95. The summed E-state index contributed by atoms with van der Waals surface area (Å²) in [5, 5.41) is 0. The molecule has 0 aromatic heterocycles. The molecule has 2 nitrogen and oxygen atoms in total. The van der Waals surface area contributed by atoms with Crippen molar-refractivity contribution in [3.05, 3.63) is 24.3 Å². The summed E-state index contributed by atoms with van der Waals surface area (Å²) in [5.74, 6) is 0. The lowest BCUT2D eigenvalue weighted by Crippen LogP contribution is -2.29. The van der Waals surface area contributed by atoms with Crippen LogP contribution >= 0.6 is 23.0 Å². The zero-order valence-electron chi connectivity index (χ0n) is 20.7. The van der Waals surface area contributed by atoms with Gasteiger partial charge in [0, 0.05) is 5.41 Å². The molecule has 1 rings (SSSR count). The van der Waals surface area contributed by atoms with Crippen molar-refractivity contribution in [3.8, 4) is 0 Å². The molecule has 0 saturated carbocycles. The van der Waals surface area contributed by atoms with Gasteiger partial charge in [0.15, 0.2) is 0 Å². The highest BCUT2D eigenvalue weighted by Crippen LogP contribution is 2.35. The largest absolute Gasteiger partial charge is 0.375 e. The quantitative estimate of drug-likeness (QED) is 0.0994. The standard InChI is InChI=1S/C28H51IO2/c1-3-4-5-6-7-8-9-10-11-12-13-14-15-16-17-19-22-28(23-20-18-21-24-28)26-30-27(2)25-31-29/h18,20-21,23,27H,3-17,19,22,24-26H2,1-2H3. The van der Waals surface area contributed by atoms with E-state index in [-0.39, 0.29) is 11.5 Å². The van der Waals surface area contributed by atoms with Crippen LogP contribution in [0.5, 0.6) is 0 Å². The third-order valence-electron chi connectivity index (χ3n) is 6.70. The minimum absolute atomic E-state index is 0.166. The number of halogens is 1. The molecular formula is C28H51IO2. The fraction of sp³-hybridized carbons (Fsp3) is 0.857. The van der Waals surface area contributed by atoms with Crippen LogP contribution in [0.15, 0.2) is 24.3 Å². The molecule has 0 heterocycles. The lowest BCUT2D eigenvalue weighted by Gasteiger charge is -2.32. The molecule has 0 saturated heterocycles. The summed E-state index contributed by atoms with van der Waals surface area (Å²) in [4.78, 5) is 0. The van der Waals surface area contributed by atoms with Gasteiger partial charge in [-0.2, -0.15) is 0 Å². The minimum Gasteiger partial charge on any atom is -0.375 e. The van der Waals surface area contributed by atoms with Gasteiger partial charge in [-0.3, -0.25) is 0 Å². The Balaban J connectivity index is 1.96. The molecule has 0 fully saturated rings. The maximum absolute atomic E-state index is 6.09. The second kappa shape index (κ2) is 20.7. The van der Waals surface area contributed by atoms with Gasteiger partial charge in [-0.05, 0) is 19.8 Å². The predicted octanol–water partition coefficient (Wildman–Crippen LogP) is 9.91. The lowest BCUT2D eigenvalue weighted by molar-refractivity contribution is -0.00206. The second-order valence-corrected chi connectivity index (χ2v) is 10.4. The number of unbranched alkanes of at least 4 members (excludes halogenated alkanes) is 15. The van der Waals surface area contributed by atoms with Crippen molar-refractivity contribution in [2.45, 2.75) is 136 Å². The minimum atomic E-state index is 0.166. The Morgan fingerprint density at radius 1 is 0.774 bits per heavy atom. The molecule has 0 aromatic rings. The Kier molecular flexibility index (Phi) is 19.5. The van der Waals surface area contributed by atoms with E-state index in [1.54, 1.807) is 0 Å². The molecule has 0 aliphatic heterocycles. The fourth-order valence-electron chi connectivity index (χ4n) is 4.54. The summed E-state index contributed by atoms with van der Waals surface area (Å²) in [6.45, 7) is 5.87. The first-order valence-electron chi connectivity index (χ1n) is 13.4. The molecular weight excluding hydrogens is 495 g/mol. The Labute approximate surface area is 208 Å². The molecule has 182 valence electrons. The van der Waals surface area contributed by atoms with E-state index in [2.05, 4.69) is 38.2 Å². The number of rotatable bonds is 22. The van der Waals surface area contributed by atoms with Crippen molar-refractivity contribution in [3.63, 3.8) is 0 Å². The van der Waals surface area contributed by atoms with E-state index in [4.69, 9.17) is 7.80 Å². The predicted molar refractivity (Wildman–Crippen MR) is 145 cm³/mol. The van der Waals surface area contributed by atoms with Crippen molar-refractivity contribution < 1.29 is 7.80 Å². The molecule has 2 atom stereocenters. The van der Waals surface area contributed by atoms with Crippen molar-refractivity contribution in [2.24, 2.45) is 5.41 Å². The summed E-state index contributed by atoms with van der Waals surface area (Å²) in [6, 6.07) is 0. The van der Waals surface area contributed by atoms with Gasteiger partial charge in [-0.15, -0.1) is 0 Å². The van der Waals surface area contributed by atoms with Gasteiger partial charge in [0.1, 0.15) is 23.0 Å². The van der Waals surface area contributed by atoms with Crippen molar-refractivity contribution >= 4 is 23.0 Å². The van der Waals surface area contributed by atoms with Gasteiger partial charge in [-0.25, -0.2) is 0 Å². The monoisotopic (exact) mass is 546 g/mol. The van der Waals surface area contributed by atoms with Gasteiger partial charge < -0.3 is 7.80 Å². The van der Waals surface area contributed by atoms with Crippen LogP contribution in [0.2, 0.25) is 0 Å². The zero-order valence-corrected chi connectivity index (χ0v) is 22.9. The molecule has 0 amide bonds. The number of hydrogen-bond acceptors (Lipinski definition) is 2. The van der Waals surface area contributed by atoms with Crippen LogP contribution in [-0.2, 0) is 7.80 Å². The van der Waals surface area contributed by atoms with E-state index in [0.29, 0.717) is 6.61 Å². The van der Waals surface area contributed by atoms with Gasteiger partial charge in [0.2, 0.25) is 0 Å². The van der Waals surface area contributed by atoms with Crippen molar-refractivity contribution in [2.75, 3.05) is 13.2 Å². The smallest absolute Gasteiger partial charge is 0.109 e. The highest BCUT2D eigenvalue weighted by Gasteiger charge is 2.27. The van der Waals surface area contributed by atoms with E-state index in [1.165, 1.54) is 109 Å². The second-order valence-electron chi connectivity index (χ2n) is 9.80. The third kappa shape index (κ3) is 16.4. The summed E-state index contributed by atoms with van der Waals surface area (Å²) in [7, 11) is 0. The van der Waals surface area contributed by atoms with Crippen LogP contribution in [0.25, 0.3) is 0 Å². The first-order valence-corrected chi connectivity index (χ1v) is 14.3. The summed E-state index contributed by atoms with van der Waals surface area (Å²) < 4.78 is 11.3. The first kappa shape index (κ1) is 29.2. The highest BCUT2D eigenvalue weighted by molar-refractivity contribution is 14.1. The van der Waals surface area contributed by atoms with E-state index < -0.39 is 0 Å². The summed E-state index contributed by atoms with van der Waals surface area (Å²) in [6.07, 6.45) is 34.4. The van der Waals surface area contributed by atoms with Gasteiger partial charge in [-0.1, -0.05) is 134 Å². The van der Waals surface area contributed by atoms with Crippen LogP contribution in [0.3, 0.4) is 0 Å². The normalized spacial score (nSPS) is 19.2. The third-order valence-corrected chi connectivity index (χ3v) is 7.06. The zero-order chi connectivity index (χ0) is 22.5. The average molecular weight is 547 g/mol. The maximum Gasteiger partial charge on any atom is 0.109 e. The van der Waals surface area contributed by atoms with Crippen molar-refractivity contribution in [1.29, 1.82) is 0 Å². The van der Waals surface area contributed by atoms with Gasteiger partial charge >= 0.3 is 0 Å².